The molecule has 0 saturated heterocycles. The van der Waals surface area contributed by atoms with Crippen molar-refractivity contribution in [1.29, 1.82) is 0 Å². The van der Waals surface area contributed by atoms with Crippen molar-refractivity contribution in [2.24, 2.45) is 0 Å². The molecule has 0 amide bonds. The van der Waals surface area contributed by atoms with Crippen LogP contribution in [0.15, 0.2) is 36.4 Å². The third-order valence-electron chi connectivity index (χ3n) is 3.32. The van der Waals surface area contributed by atoms with Gasteiger partial charge in [0.25, 0.3) is 0 Å². The van der Waals surface area contributed by atoms with Crippen LogP contribution in [0, 0.1) is 0 Å². The first kappa shape index (κ1) is 11.9. The highest BCUT2D eigenvalue weighted by Crippen LogP contribution is 2.26. The highest BCUT2D eigenvalue weighted by molar-refractivity contribution is 5.84. The second-order valence-corrected chi connectivity index (χ2v) is 4.50. The van der Waals surface area contributed by atoms with Crippen LogP contribution >= 0.6 is 0 Å². The van der Waals surface area contributed by atoms with Gasteiger partial charge in [0.1, 0.15) is 5.75 Å². The van der Waals surface area contributed by atoms with Gasteiger partial charge in [0.05, 0.1) is 13.2 Å². The molecule has 0 radical (unpaired) electrons. The summed E-state index contributed by atoms with van der Waals surface area (Å²) in [6.45, 7) is 3.86. The minimum Gasteiger partial charge on any atom is -0.497 e. The lowest BCUT2D eigenvalue weighted by molar-refractivity contribution is 0.169. The molecule has 0 fully saturated rings. The first-order valence-corrected chi connectivity index (χ1v) is 5.87. The smallest absolute Gasteiger partial charge is 0.119 e. The lowest BCUT2D eigenvalue weighted by atomic mass is 9.94. The van der Waals surface area contributed by atoms with Gasteiger partial charge < -0.3 is 9.84 Å². The number of hydrogen-bond donors (Lipinski definition) is 1. The summed E-state index contributed by atoms with van der Waals surface area (Å²) in [4.78, 5) is 0. The molecule has 17 heavy (non-hydrogen) atoms. The van der Waals surface area contributed by atoms with E-state index in [0.29, 0.717) is 0 Å². The van der Waals surface area contributed by atoms with Crippen molar-refractivity contribution in [3.05, 3.63) is 42.0 Å². The fraction of sp³-hybridized carbons (Fsp3) is 0.333. The second-order valence-electron chi connectivity index (χ2n) is 4.50. The van der Waals surface area contributed by atoms with Crippen molar-refractivity contribution in [2.45, 2.75) is 25.9 Å². The van der Waals surface area contributed by atoms with Crippen molar-refractivity contribution in [1.82, 2.24) is 0 Å². The molecule has 0 spiro atoms. The van der Waals surface area contributed by atoms with Gasteiger partial charge in [-0.2, -0.15) is 0 Å². The van der Waals surface area contributed by atoms with Crippen LogP contribution in [0.25, 0.3) is 10.8 Å². The van der Waals surface area contributed by atoms with E-state index in [1.54, 1.807) is 7.11 Å². The minimum atomic E-state index is -0.328. The topological polar surface area (TPSA) is 29.5 Å². The summed E-state index contributed by atoms with van der Waals surface area (Å²) in [5, 5.41) is 11.9. The van der Waals surface area contributed by atoms with Gasteiger partial charge in [-0.15, -0.1) is 0 Å². The zero-order chi connectivity index (χ0) is 12.4. The Hall–Kier alpha value is -1.54. The van der Waals surface area contributed by atoms with E-state index in [0.717, 1.165) is 16.7 Å². The third-order valence-corrected chi connectivity index (χ3v) is 3.32. The van der Waals surface area contributed by atoms with E-state index in [4.69, 9.17) is 4.74 Å². The molecule has 2 heteroatoms. The van der Waals surface area contributed by atoms with Gasteiger partial charge in [-0.05, 0) is 35.4 Å². The number of methoxy groups -OCH3 is 1. The van der Waals surface area contributed by atoms with E-state index in [1.807, 2.05) is 32.0 Å². The number of ether oxygens (including phenoxy) is 1. The molecule has 2 unspecified atom stereocenters. The molecule has 2 nitrogen and oxygen atoms in total. The van der Waals surface area contributed by atoms with E-state index in [2.05, 4.69) is 18.2 Å². The number of fused-ring (bicyclic) bond motifs is 1. The fourth-order valence-corrected chi connectivity index (χ4v) is 1.93. The average molecular weight is 230 g/mol. The lowest BCUT2D eigenvalue weighted by Crippen LogP contribution is -2.10. The molecule has 2 atom stereocenters. The monoisotopic (exact) mass is 230 g/mol. The van der Waals surface area contributed by atoms with Crippen LogP contribution in [0.1, 0.15) is 25.3 Å². The second kappa shape index (κ2) is 4.76. The Balaban J connectivity index is 2.44. The van der Waals surface area contributed by atoms with Crippen LogP contribution in [-0.4, -0.2) is 18.3 Å². The molecule has 2 aromatic rings. The average Bonchev–Trinajstić information content (AvgIpc) is 2.36. The Bertz CT molecular complexity index is 517. The lowest BCUT2D eigenvalue weighted by Gasteiger charge is -2.15. The molecular formula is C15H18O2. The van der Waals surface area contributed by atoms with Gasteiger partial charge >= 0.3 is 0 Å². The molecule has 0 aliphatic rings. The van der Waals surface area contributed by atoms with E-state index in [-0.39, 0.29) is 12.0 Å². The summed E-state index contributed by atoms with van der Waals surface area (Å²) < 4.78 is 5.20. The summed E-state index contributed by atoms with van der Waals surface area (Å²) in [5.41, 5.74) is 1.16. The Morgan fingerprint density at radius 3 is 2.29 bits per heavy atom. The molecule has 1 N–H and O–H groups in total. The van der Waals surface area contributed by atoms with Gasteiger partial charge in [0, 0.05) is 5.92 Å². The molecule has 2 rings (SSSR count). The van der Waals surface area contributed by atoms with E-state index in [9.17, 15) is 5.11 Å². The molecule has 0 saturated carbocycles. The summed E-state index contributed by atoms with van der Waals surface area (Å²) >= 11 is 0. The summed E-state index contributed by atoms with van der Waals surface area (Å²) in [5.74, 6) is 1.02. The molecule has 0 heterocycles. The van der Waals surface area contributed by atoms with Crippen LogP contribution in [0.2, 0.25) is 0 Å². The van der Waals surface area contributed by atoms with Crippen molar-refractivity contribution in [3.8, 4) is 5.75 Å². The zero-order valence-corrected chi connectivity index (χ0v) is 10.5. The van der Waals surface area contributed by atoms with Crippen LogP contribution in [0.5, 0.6) is 5.75 Å². The largest absolute Gasteiger partial charge is 0.497 e. The summed E-state index contributed by atoms with van der Waals surface area (Å²) in [6.07, 6.45) is -0.328. The van der Waals surface area contributed by atoms with Crippen LogP contribution < -0.4 is 4.74 Å². The fourth-order valence-electron chi connectivity index (χ4n) is 1.93. The molecule has 0 aromatic heterocycles. The van der Waals surface area contributed by atoms with Crippen LogP contribution in [-0.2, 0) is 0 Å². The Morgan fingerprint density at radius 1 is 1.00 bits per heavy atom. The number of rotatable bonds is 3. The molecule has 90 valence electrons. The van der Waals surface area contributed by atoms with Gasteiger partial charge in [-0.25, -0.2) is 0 Å². The van der Waals surface area contributed by atoms with Crippen LogP contribution in [0.3, 0.4) is 0 Å². The SMILES string of the molecule is COc1ccc2cc(C(C)C(C)O)ccc2c1. The van der Waals surface area contributed by atoms with Crippen molar-refractivity contribution >= 4 is 10.8 Å². The maximum absolute atomic E-state index is 9.61. The quantitative estimate of drug-likeness (QED) is 0.876. The van der Waals surface area contributed by atoms with Crippen molar-refractivity contribution < 1.29 is 9.84 Å². The van der Waals surface area contributed by atoms with E-state index >= 15 is 0 Å². The number of benzene rings is 2. The van der Waals surface area contributed by atoms with Gasteiger partial charge in [0.15, 0.2) is 0 Å². The van der Waals surface area contributed by atoms with Gasteiger partial charge in [-0.1, -0.05) is 31.2 Å². The number of aliphatic hydroxyl groups is 1. The first-order chi connectivity index (χ1) is 8.11. The van der Waals surface area contributed by atoms with Gasteiger partial charge in [0.2, 0.25) is 0 Å². The maximum Gasteiger partial charge on any atom is 0.119 e. The maximum atomic E-state index is 9.61. The summed E-state index contributed by atoms with van der Waals surface area (Å²) in [7, 11) is 1.67. The highest BCUT2D eigenvalue weighted by Gasteiger charge is 2.11. The molecule has 0 bridgehead atoms. The Morgan fingerprint density at radius 2 is 1.65 bits per heavy atom. The van der Waals surface area contributed by atoms with Crippen molar-refractivity contribution in [2.75, 3.05) is 7.11 Å². The number of hydrogen-bond acceptors (Lipinski definition) is 2. The normalized spacial score (nSPS) is 14.6. The predicted octanol–water partition coefficient (Wildman–Crippen LogP) is 3.33. The summed E-state index contributed by atoms with van der Waals surface area (Å²) in [6, 6.07) is 12.3. The molecule has 0 aliphatic carbocycles. The first-order valence-electron chi connectivity index (χ1n) is 5.87. The van der Waals surface area contributed by atoms with Gasteiger partial charge in [-0.3, -0.25) is 0 Å². The zero-order valence-electron chi connectivity index (χ0n) is 10.5. The van der Waals surface area contributed by atoms with E-state index in [1.165, 1.54) is 5.39 Å². The van der Waals surface area contributed by atoms with E-state index < -0.39 is 0 Å². The standard InChI is InChI=1S/C15H18O2/c1-10(11(2)16)12-4-5-14-9-15(17-3)7-6-13(14)8-12/h4-11,16H,1-3H3. The Kier molecular flexibility index (Phi) is 3.34. The number of aliphatic hydroxyl groups excluding tert-OH is 1. The molecular weight excluding hydrogens is 212 g/mol. The minimum absolute atomic E-state index is 0.154. The van der Waals surface area contributed by atoms with Crippen LogP contribution in [0.4, 0.5) is 0 Å². The third kappa shape index (κ3) is 2.42. The van der Waals surface area contributed by atoms with Crippen molar-refractivity contribution in [3.63, 3.8) is 0 Å². The highest BCUT2D eigenvalue weighted by atomic mass is 16.5. The predicted molar refractivity (Wildman–Crippen MR) is 70.6 cm³/mol. The molecule has 2 aromatic carbocycles. The molecule has 0 aliphatic heterocycles. The Labute approximate surface area is 102 Å².